The number of aromatic nitrogens is 1. The van der Waals surface area contributed by atoms with Gasteiger partial charge in [0, 0.05) is 30.8 Å². The van der Waals surface area contributed by atoms with Crippen LogP contribution < -0.4 is 4.90 Å². The molecular formula is C16H20N2O2. The van der Waals surface area contributed by atoms with Gasteiger partial charge in [-0.15, -0.1) is 0 Å². The Bertz CT molecular complexity index is 600. The molecule has 0 amide bonds. The number of anilines is 1. The number of benzene rings is 1. The summed E-state index contributed by atoms with van der Waals surface area (Å²) >= 11 is 0. The van der Waals surface area contributed by atoms with E-state index in [0.29, 0.717) is 11.6 Å². The molecule has 1 aliphatic heterocycles. The highest BCUT2D eigenvalue weighted by atomic mass is 16.3. The van der Waals surface area contributed by atoms with E-state index in [1.165, 1.54) is 0 Å². The minimum Gasteiger partial charge on any atom is -0.396 e. The Morgan fingerprint density at radius 2 is 2.10 bits per heavy atom. The van der Waals surface area contributed by atoms with Crippen molar-refractivity contribution in [2.75, 3.05) is 24.6 Å². The second-order valence-electron chi connectivity index (χ2n) is 5.44. The van der Waals surface area contributed by atoms with Crippen molar-refractivity contribution in [3.05, 3.63) is 36.0 Å². The minimum absolute atomic E-state index is 0.0465. The fraction of sp³-hybridized carbons (Fsp3) is 0.438. The van der Waals surface area contributed by atoms with Gasteiger partial charge in [0.25, 0.3) is 0 Å². The van der Waals surface area contributed by atoms with E-state index < -0.39 is 0 Å². The van der Waals surface area contributed by atoms with E-state index in [1.807, 2.05) is 24.3 Å². The maximum atomic E-state index is 9.40. The van der Waals surface area contributed by atoms with E-state index in [-0.39, 0.29) is 13.2 Å². The molecule has 1 fully saturated rings. The molecule has 1 aromatic heterocycles. The summed E-state index contributed by atoms with van der Waals surface area (Å²) in [5, 5.41) is 19.9. The fourth-order valence-electron chi connectivity index (χ4n) is 2.99. The highest BCUT2D eigenvalue weighted by molar-refractivity contribution is 5.92. The van der Waals surface area contributed by atoms with Crippen LogP contribution in [-0.2, 0) is 6.61 Å². The Morgan fingerprint density at radius 1 is 1.25 bits per heavy atom. The van der Waals surface area contributed by atoms with Gasteiger partial charge in [-0.05, 0) is 30.9 Å². The molecule has 0 radical (unpaired) electrons. The van der Waals surface area contributed by atoms with Crippen LogP contribution in [0.3, 0.4) is 0 Å². The van der Waals surface area contributed by atoms with Gasteiger partial charge < -0.3 is 15.1 Å². The topological polar surface area (TPSA) is 56.6 Å². The lowest BCUT2D eigenvalue weighted by atomic mass is 9.98. The molecular weight excluding hydrogens is 252 g/mol. The fourth-order valence-corrected chi connectivity index (χ4v) is 2.99. The summed E-state index contributed by atoms with van der Waals surface area (Å²) < 4.78 is 0. The molecule has 0 saturated carbocycles. The lowest BCUT2D eigenvalue weighted by molar-refractivity contribution is 0.209. The van der Waals surface area contributed by atoms with Crippen LogP contribution in [0.4, 0.5) is 5.69 Å². The van der Waals surface area contributed by atoms with Crippen LogP contribution in [0.15, 0.2) is 30.3 Å². The first-order valence-corrected chi connectivity index (χ1v) is 7.17. The van der Waals surface area contributed by atoms with Gasteiger partial charge in [0.05, 0.1) is 17.8 Å². The van der Waals surface area contributed by atoms with Crippen LogP contribution in [-0.4, -0.2) is 34.9 Å². The number of aliphatic hydroxyl groups is 2. The quantitative estimate of drug-likeness (QED) is 0.896. The van der Waals surface area contributed by atoms with Crippen molar-refractivity contribution in [2.45, 2.75) is 19.4 Å². The molecule has 1 aliphatic rings. The number of para-hydroxylation sites is 1. The third kappa shape index (κ3) is 2.49. The third-order valence-corrected chi connectivity index (χ3v) is 4.03. The molecule has 4 nitrogen and oxygen atoms in total. The molecule has 1 saturated heterocycles. The van der Waals surface area contributed by atoms with E-state index in [9.17, 15) is 10.2 Å². The van der Waals surface area contributed by atoms with E-state index >= 15 is 0 Å². The van der Waals surface area contributed by atoms with E-state index in [4.69, 9.17) is 0 Å². The second-order valence-corrected chi connectivity index (χ2v) is 5.44. The van der Waals surface area contributed by atoms with Gasteiger partial charge in [0.1, 0.15) is 0 Å². The lowest BCUT2D eigenvalue weighted by Crippen LogP contribution is -2.37. The molecule has 0 bridgehead atoms. The number of hydrogen-bond donors (Lipinski definition) is 2. The van der Waals surface area contributed by atoms with Crippen molar-refractivity contribution in [3.63, 3.8) is 0 Å². The molecule has 20 heavy (non-hydrogen) atoms. The predicted molar refractivity (Wildman–Crippen MR) is 79.7 cm³/mol. The molecule has 1 unspecified atom stereocenters. The molecule has 1 aromatic carbocycles. The van der Waals surface area contributed by atoms with E-state index in [1.54, 1.807) is 0 Å². The standard InChI is InChI=1S/C16H20N2O2/c19-10-12-4-3-7-18(9-12)16-8-13(11-20)17-15-6-2-1-5-14(15)16/h1-2,5-6,8,12,19-20H,3-4,7,9-11H2. The minimum atomic E-state index is -0.0465. The summed E-state index contributed by atoms with van der Waals surface area (Å²) in [6, 6.07) is 10.0. The van der Waals surface area contributed by atoms with Crippen molar-refractivity contribution in [1.29, 1.82) is 0 Å². The molecule has 106 valence electrons. The summed E-state index contributed by atoms with van der Waals surface area (Å²) in [4.78, 5) is 6.78. The predicted octanol–water partition coefficient (Wildman–Crippen LogP) is 1.94. The molecule has 2 N–H and O–H groups in total. The van der Waals surface area contributed by atoms with Crippen molar-refractivity contribution in [1.82, 2.24) is 4.98 Å². The SMILES string of the molecule is OCc1cc(N2CCCC(CO)C2)c2ccccc2n1. The average Bonchev–Trinajstić information content (AvgIpc) is 2.53. The van der Waals surface area contributed by atoms with Crippen LogP contribution in [0.5, 0.6) is 0 Å². The first-order valence-electron chi connectivity index (χ1n) is 7.17. The maximum absolute atomic E-state index is 9.40. The largest absolute Gasteiger partial charge is 0.396 e. The van der Waals surface area contributed by atoms with Gasteiger partial charge in [-0.1, -0.05) is 18.2 Å². The lowest BCUT2D eigenvalue weighted by Gasteiger charge is -2.34. The smallest absolute Gasteiger partial charge is 0.0854 e. The number of rotatable bonds is 3. The van der Waals surface area contributed by atoms with Gasteiger partial charge in [-0.3, -0.25) is 4.98 Å². The summed E-state index contributed by atoms with van der Waals surface area (Å²) in [6.07, 6.45) is 2.18. The Morgan fingerprint density at radius 3 is 2.90 bits per heavy atom. The summed E-state index contributed by atoms with van der Waals surface area (Å²) in [7, 11) is 0. The first kappa shape index (κ1) is 13.3. The number of fused-ring (bicyclic) bond motifs is 1. The highest BCUT2D eigenvalue weighted by Crippen LogP contribution is 2.30. The van der Waals surface area contributed by atoms with Gasteiger partial charge in [0.15, 0.2) is 0 Å². The Balaban J connectivity index is 2.04. The Labute approximate surface area is 118 Å². The molecule has 0 aliphatic carbocycles. The van der Waals surface area contributed by atoms with E-state index in [2.05, 4.69) is 16.0 Å². The second kappa shape index (κ2) is 5.77. The number of hydrogen-bond acceptors (Lipinski definition) is 4. The third-order valence-electron chi connectivity index (χ3n) is 4.03. The maximum Gasteiger partial charge on any atom is 0.0854 e. The van der Waals surface area contributed by atoms with Gasteiger partial charge in [-0.25, -0.2) is 0 Å². The van der Waals surface area contributed by atoms with Crippen LogP contribution >= 0.6 is 0 Å². The summed E-state index contributed by atoms with van der Waals surface area (Å²) in [6.45, 7) is 2.06. The number of nitrogens with zero attached hydrogens (tertiary/aromatic N) is 2. The van der Waals surface area contributed by atoms with Crippen molar-refractivity contribution >= 4 is 16.6 Å². The average molecular weight is 272 g/mol. The van der Waals surface area contributed by atoms with Crippen LogP contribution in [0.2, 0.25) is 0 Å². The van der Waals surface area contributed by atoms with Crippen molar-refractivity contribution in [2.24, 2.45) is 5.92 Å². The molecule has 0 spiro atoms. The monoisotopic (exact) mass is 272 g/mol. The van der Waals surface area contributed by atoms with Gasteiger partial charge in [0.2, 0.25) is 0 Å². The molecule has 3 rings (SSSR count). The molecule has 4 heteroatoms. The number of piperidine rings is 1. The zero-order valence-corrected chi connectivity index (χ0v) is 11.5. The zero-order valence-electron chi connectivity index (χ0n) is 11.5. The number of aliphatic hydroxyl groups excluding tert-OH is 2. The zero-order chi connectivity index (χ0) is 13.9. The van der Waals surface area contributed by atoms with Crippen LogP contribution in [0, 0.1) is 5.92 Å². The van der Waals surface area contributed by atoms with Crippen LogP contribution in [0.25, 0.3) is 10.9 Å². The highest BCUT2D eigenvalue weighted by Gasteiger charge is 2.21. The Hall–Kier alpha value is -1.65. The number of pyridine rings is 1. The first-order chi connectivity index (χ1) is 9.81. The van der Waals surface area contributed by atoms with Crippen molar-refractivity contribution < 1.29 is 10.2 Å². The Kier molecular flexibility index (Phi) is 3.85. The molecule has 2 heterocycles. The summed E-state index contributed by atoms with van der Waals surface area (Å²) in [5.74, 6) is 0.341. The normalized spacial score (nSPS) is 19.5. The molecule has 2 aromatic rings. The van der Waals surface area contributed by atoms with Gasteiger partial charge >= 0.3 is 0 Å². The van der Waals surface area contributed by atoms with Gasteiger partial charge in [-0.2, -0.15) is 0 Å². The van der Waals surface area contributed by atoms with E-state index in [0.717, 1.165) is 42.5 Å². The molecule has 1 atom stereocenters. The van der Waals surface area contributed by atoms with Crippen LogP contribution in [0.1, 0.15) is 18.5 Å². The van der Waals surface area contributed by atoms with Crippen molar-refractivity contribution in [3.8, 4) is 0 Å². The summed E-state index contributed by atoms with van der Waals surface area (Å²) in [5.41, 5.74) is 2.74.